The molecule has 106 valence electrons. The zero-order valence-corrected chi connectivity index (χ0v) is 12.2. The third kappa shape index (κ3) is 3.39. The molecule has 0 saturated carbocycles. The molecule has 0 aliphatic carbocycles. The third-order valence-electron chi connectivity index (χ3n) is 3.25. The van der Waals surface area contributed by atoms with Crippen molar-refractivity contribution in [2.75, 3.05) is 25.5 Å². The van der Waals surface area contributed by atoms with Crippen molar-refractivity contribution in [3.63, 3.8) is 0 Å². The van der Waals surface area contributed by atoms with Gasteiger partial charge in [0, 0.05) is 23.9 Å². The van der Waals surface area contributed by atoms with Gasteiger partial charge in [-0.15, -0.1) is 0 Å². The smallest absolute Gasteiger partial charge is 0.240 e. The van der Waals surface area contributed by atoms with Crippen molar-refractivity contribution < 1.29 is 13.2 Å². The molecule has 0 amide bonds. The first-order chi connectivity index (χ1) is 8.90. The maximum atomic E-state index is 12.1. The second-order valence-corrected chi connectivity index (χ2v) is 6.87. The van der Waals surface area contributed by atoms with E-state index in [9.17, 15) is 8.42 Å². The number of anilines is 1. The Labute approximate surface area is 118 Å². The predicted octanol–water partition coefficient (Wildman–Crippen LogP) is 1.55. The number of hydrogen-bond donors (Lipinski definition) is 2. The van der Waals surface area contributed by atoms with Crippen LogP contribution in [0.4, 0.5) is 5.69 Å². The van der Waals surface area contributed by atoms with Crippen molar-refractivity contribution in [1.29, 1.82) is 0 Å². The Balaban J connectivity index is 2.14. The van der Waals surface area contributed by atoms with Gasteiger partial charge in [0.05, 0.1) is 11.5 Å². The number of halogens is 1. The largest absolute Gasteiger partial charge is 0.398 e. The van der Waals surface area contributed by atoms with Gasteiger partial charge in [0.15, 0.2) is 0 Å². The molecule has 0 bridgehead atoms. The molecule has 19 heavy (non-hydrogen) atoms. The molecule has 3 N–H and O–H groups in total. The number of hydrogen-bond acceptors (Lipinski definition) is 4. The van der Waals surface area contributed by atoms with Gasteiger partial charge in [0.25, 0.3) is 0 Å². The summed E-state index contributed by atoms with van der Waals surface area (Å²) in [6.07, 6.45) is 0.874. The van der Waals surface area contributed by atoms with Crippen molar-refractivity contribution in [2.24, 2.45) is 5.92 Å². The van der Waals surface area contributed by atoms with Crippen molar-refractivity contribution in [3.05, 3.63) is 22.7 Å². The Morgan fingerprint density at radius 1 is 1.53 bits per heavy atom. The van der Waals surface area contributed by atoms with Crippen LogP contribution in [0, 0.1) is 12.8 Å². The molecule has 1 saturated heterocycles. The fraction of sp³-hybridized carbons (Fsp3) is 0.500. The molecule has 1 aromatic carbocycles. The Bertz CT molecular complexity index is 545. The lowest BCUT2D eigenvalue weighted by Crippen LogP contribution is -2.29. The summed E-state index contributed by atoms with van der Waals surface area (Å²) in [7, 11) is -3.58. The van der Waals surface area contributed by atoms with Crippen LogP contribution in [0.15, 0.2) is 17.0 Å². The number of ether oxygens (including phenoxy) is 1. The first-order valence-electron chi connectivity index (χ1n) is 6.03. The van der Waals surface area contributed by atoms with Crippen LogP contribution in [0.2, 0.25) is 5.02 Å². The molecule has 5 nitrogen and oxygen atoms in total. The lowest BCUT2D eigenvalue weighted by atomic mass is 10.1. The van der Waals surface area contributed by atoms with Crippen molar-refractivity contribution in [1.82, 2.24) is 4.72 Å². The molecule has 0 aromatic heterocycles. The van der Waals surface area contributed by atoms with Gasteiger partial charge >= 0.3 is 0 Å². The standard InChI is InChI=1S/C12H17ClN2O3S/c1-8-11(13)4-10(5-12(8)14)19(16,17)15-6-9-2-3-18-7-9/h4-5,9,15H,2-3,6-7,14H2,1H3. The van der Waals surface area contributed by atoms with Crippen molar-refractivity contribution >= 4 is 27.3 Å². The summed E-state index contributed by atoms with van der Waals surface area (Å²) in [5, 5.41) is 0.351. The lowest BCUT2D eigenvalue weighted by molar-refractivity contribution is 0.186. The topological polar surface area (TPSA) is 81.4 Å². The molecule has 0 radical (unpaired) electrons. The van der Waals surface area contributed by atoms with E-state index in [2.05, 4.69) is 4.72 Å². The van der Waals surface area contributed by atoms with Gasteiger partial charge in [-0.3, -0.25) is 0 Å². The molecule has 1 aromatic rings. The van der Waals surface area contributed by atoms with Gasteiger partial charge in [-0.1, -0.05) is 11.6 Å². The average Bonchev–Trinajstić information content (AvgIpc) is 2.86. The van der Waals surface area contributed by atoms with Crippen LogP contribution in [0.3, 0.4) is 0 Å². The van der Waals surface area contributed by atoms with Gasteiger partial charge in [-0.25, -0.2) is 13.1 Å². The summed E-state index contributed by atoms with van der Waals surface area (Å²) in [5.41, 5.74) is 6.80. The highest BCUT2D eigenvalue weighted by Crippen LogP contribution is 2.26. The summed E-state index contributed by atoms with van der Waals surface area (Å²) in [6.45, 7) is 3.40. The molecule has 1 heterocycles. The van der Waals surface area contributed by atoms with Gasteiger partial charge < -0.3 is 10.5 Å². The normalized spacial score (nSPS) is 19.8. The minimum Gasteiger partial charge on any atom is -0.398 e. The molecule has 1 aliphatic rings. The van der Waals surface area contributed by atoms with Gasteiger partial charge in [-0.2, -0.15) is 0 Å². The highest BCUT2D eigenvalue weighted by Gasteiger charge is 2.21. The molecule has 1 atom stereocenters. The van der Waals surface area contributed by atoms with Crippen LogP contribution in [0.1, 0.15) is 12.0 Å². The number of nitrogen functional groups attached to an aromatic ring is 1. The average molecular weight is 305 g/mol. The Morgan fingerprint density at radius 2 is 2.26 bits per heavy atom. The summed E-state index contributed by atoms with van der Waals surface area (Å²) < 4.78 is 32.1. The molecule has 7 heteroatoms. The molecule has 1 unspecified atom stereocenters. The second-order valence-electron chi connectivity index (χ2n) is 4.70. The van der Waals surface area contributed by atoms with E-state index in [1.54, 1.807) is 6.92 Å². The molecule has 0 spiro atoms. The highest BCUT2D eigenvalue weighted by molar-refractivity contribution is 7.89. The summed E-state index contributed by atoms with van der Waals surface area (Å²) >= 11 is 5.96. The van der Waals surface area contributed by atoms with Gasteiger partial charge in [-0.05, 0) is 37.0 Å². The lowest BCUT2D eigenvalue weighted by Gasteiger charge is -2.12. The van der Waals surface area contributed by atoms with Gasteiger partial charge in [0.2, 0.25) is 10.0 Å². The Kier molecular flexibility index (Phi) is 4.35. The van der Waals surface area contributed by atoms with Crippen LogP contribution in [0.25, 0.3) is 0 Å². The monoisotopic (exact) mass is 304 g/mol. The van der Waals surface area contributed by atoms with Crippen molar-refractivity contribution in [3.8, 4) is 0 Å². The van der Waals surface area contributed by atoms with Crippen molar-refractivity contribution in [2.45, 2.75) is 18.2 Å². The quantitative estimate of drug-likeness (QED) is 0.827. The Morgan fingerprint density at radius 3 is 2.84 bits per heavy atom. The van der Waals surface area contributed by atoms with E-state index in [0.29, 0.717) is 36.0 Å². The fourth-order valence-electron chi connectivity index (χ4n) is 1.88. The van der Waals surface area contributed by atoms with Crippen LogP contribution < -0.4 is 10.5 Å². The van der Waals surface area contributed by atoms with E-state index in [1.165, 1.54) is 12.1 Å². The second kappa shape index (κ2) is 5.66. The Hall–Kier alpha value is -0.820. The van der Waals surface area contributed by atoms with E-state index in [4.69, 9.17) is 22.1 Å². The van der Waals surface area contributed by atoms with Crippen LogP contribution >= 0.6 is 11.6 Å². The number of nitrogens with one attached hydrogen (secondary N) is 1. The van der Waals surface area contributed by atoms with E-state index < -0.39 is 10.0 Å². The summed E-state index contributed by atoms with van der Waals surface area (Å²) in [5.74, 6) is 0.230. The number of benzene rings is 1. The minimum atomic E-state index is -3.58. The predicted molar refractivity (Wildman–Crippen MR) is 74.7 cm³/mol. The molecular formula is C12H17ClN2O3S. The first-order valence-corrected chi connectivity index (χ1v) is 7.89. The van der Waals surface area contributed by atoms with E-state index in [-0.39, 0.29) is 10.8 Å². The molecule has 2 rings (SSSR count). The number of nitrogens with two attached hydrogens (primary N) is 1. The maximum Gasteiger partial charge on any atom is 0.240 e. The molecule has 1 fully saturated rings. The van der Waals surface area contributed by atoms with Crippen LogP contribution in [0.5, 0.6) is 0 Å². The van der Waals surface area contributed by atoms with E-state index in [1.807, 2.05) is 0 Å². The zero-order valence-electron chi connectivity index (χ0n) is 10.6. The summed E-state index contributed by atoms with van der Waals surface area (Å²) in [4.78, 5) is 0.0968. The molecule has 1 aliphatic heterocycles. The SMILES string of the molecule is Cc1c(N)cc(S(=O)(=O)NCC2CCOC2)cc1Cl. The number of rotatable bonds is 4. The van der Waals surface area contributed by atoms with E-state index in [0.717, 1.165) is 6.42 Å². The zero-order chi connectivity index (χ0) is 14.0. The number of sulfonamides is 1. The first kappa shape index (κ1) is 14.6. The fourth-order valence-corrected chi connectivity index (χ4v) is 3.35. The van der Waals surface area contributed by atoms with Gasteiger partial charge in [0.1, 0.15) is 0 Å². The maximum absolute atomic E-state index is 12.1. The molecular weight excluding hydrogens is 288 g/mol. The van der Waals surface area contributed by atoms with Crippen LogP contribution in [-0.2, 0) is 14.8 Å². The van der Waals surface area contributed by atoms with Crippen LogP contribution in [-0.4, -0.2) is 28.2 Å². The van der Waals surface area contributed by atoms with E-state index >= 15 is 0 Å². The summed E-state index contributed by atoms with van der Waals surface area (Å²) in [6, 6.07) is 2.84. The minimum absolute atomic E-state index is 0.0968. The third-order valence-corrected chi connectivity index (χ3v) is 5.05. The highest BCUT2D eigenvalue weighted by atomic mass is 35.5.